The first kappa shape index (κ1) is 8.05. The lowest BCUT2D eigenvalue weighted by Gasteiger charge is -2.42. The van der Waals surface area contributed by atoms with Crippen molar-refractivity contribution in [3.05, 3.63) is 0 Å². The van der Waals surface area contributed by atoms with Crippen molar-refractivity contribution < 1.29 is 9.90 Å². The van der Waals surface area contributed by atoms with Crippen molar-refractivity contribution in [2.45, 2.75) is 44.2 Å². The predicted molar refractivity (Wildman–Crippen MR) is 44.6 cm³/mol. The first-order valence-corrected chi connectivity index (χ1v) is 4.76. The number of hydrogen-bond acceptors (Lipinski definition) is 2. The highest BCUT2D eigenvalue weighted by atomic mass is 16.3. The van der Waals surface area contributed by atoms with Crippen LogP contribution in [0.3, 0.4) is 0 Å². The van der Waals surface area contributed by atoms with E-state index in [4.69, 9.17) is 0 Å². The number of rotatable bonds is 0. The van der Waals surface area contributed by atoms with Crippen molar-refractivity contribution in [3.63, 3.8) is 0 Å². The molecule has 0 aromatic heterocycles. The highest BCUT2D eigenvalue weighted by Gasteiger charge is 2.35. The number of carbonyl (C=O) groups is 1. The summed E-state index contributed by atoms with van der Waals surface area (Å²) < 4.78 is 0. The minimum atomic E-state index is -0.261. The maximum absolute atomic E-state index is 11.4. The van der Waals surface area contributed by atoms with E-state index in [0.29, 0.717) is 12.8 Å². The Labute approximate surface area is 72.4 Å². The summed E-state index contributed by atoms with van der Waals surface area (Å²) in [4.78, 5) is 13.3. The van der Waals surface area contributed by atoms with Gasteiger partial charge < -0.3 is 10.0 Å². The van der Waals surface area contributed by atoms with E-state index in [1.54, 1.807) is 0 Å². The molecule has 2 aliphatic rings. The molecule has 2 rings (SSSR count). The van der Waals surface area contributed by atoms with Gasteiger partial charge in [-0.05, 0) is 25.7 Å². The monoisotopic (exact) mass is 169 g/mol. The Morgan fingerprint density at radius 2 is 2.17 bits per heavy atom. The molecule has 0 saturated carbocycles. The summed E-state index contributed by atoms with van der Waals surface area (Å²) in [5.74, 6) is 0.241. The van der Waals surface area contributed by atoms with Gasteiger partial charge in [-0.1, -0.05) is 0 Å². The molecule has 2 heterocycles. The van der Waals surface area contributed by atoms with Crippen molar-refractivity contribution in [1.29, 1.82) is 0 Å². The van der Waals surface area contributed by atoms with Crippen molar-refractivity contribution in [1.82, 2.24) is 4.90 Å². The minimum absolute atomic E-state index is 0.139. The summed E-state index contributed by atoms with van der Waals surface area (Å²) in [6, 6.07) is 0.139. The first-order valence-electron chi connectivity index (χ1n) is 4.76. The number of aliphatic hydroxyl groups is 1. The summed E-state index contributed by atoms with van der Waals surface area (Å²) in [6.45, 7) is 0.862. The van der Waals surface area contributed by atoms with Crippen LogP contribution >= 0.6 is 0 Å². The molecule has 0 aromatic carbocycles. The molecule has 2 atom stereocenters. The van der Waals surface area contributed by atoms with Crippen molar-refractivity contribution in [3.8, 4) is 0 Å². The number of aliphatic hydroxyl groups excluding tert-OH is 1. The second-order valence-electron chi connectivity index (χ2n) is 3.76. The molecule has 0 bridgehead atoms. The van der Waals surface area contributed by atoms with Crippen molar-refractivity contribution in [2.75, 3.05) is 6.54 Å². The van der Waals surface area contributed by atoms with Crippen LogP contribution < -0.4 is 0 Å². The van der Waals surface area contributed by atoms with Gasteiger partial charge in [0.25, 0.3) is 0 Å². The topological polar surface area (TPSA) is 40.5 Å². The standard InChI is InChI=1S/C9H15NO2/c11-8-4-5-9(12)10-6-2-1-3-7(8)10/h7-8,11H,1-6H2/t7-,8+/m0/s1. The normalized spacial score (nSPS) is 36.4. The number of fused-ring (bicyclic) bond motifs is 1. The molecule has 0 spiro atoms. The smallest absolute Gasteiger partial charge is 0.223 e. The van der Waals surface area contributed by atoms with E-state index in [1.165, 1.54) is 0 Å². The fourth-order valence-corrected chi connectivity index (χ4v) is 2.27. The maximum Gasteiger partial charge on any atom is 0.223 e. The largest absolute Gasteiger partial charge is 0.391 e. The zero-order chi connectivity index (χ0) is 8.55. The van der Waals surface area contributed by atoms with E-state index in [9.17, 15) is 9.90 Å². The molecule has 68 valence electrons. The third-order valence-electron chi connectivity index (χ3n) is 2.97. The van der Waals surface area contributed by atoms with Crippen LogP contribution in [0, 0.1) is 0 Å². The van der Waals surface area contributed by atoms with Crippen molar-refractivity contribution in [2.24, 2.45) is 0 Å². The first-order chi connectivity index (χ1) is 5.79. The van der Waals surface area contributed by atoms with Crippen LogP contribution in [0.15, 0.2) is 0 Å². The van der Waals surface area contributed by atoms with E-state index in [0.717, 1.165) is 25.8 Å². The molecule has 2 saturated heterocycles. The molecular formula is C9H15NO2. The van der Waals surface area contributed by atoms with Gasteiger partial charge >= 0.3 is 0 Å². The van der Waals surface area contributed by atoms with Gasteiger partial charge in [-0.25, -0.2) is 0 Å². The molecular weight excluding hydrogens is 154 g/mol. The molecule has 1 N–H and O–H groups in total. The molecule has 0 radical (unpaired) electrons. The van der Waals surface area contributed by atoms with E-state index in [2.05, 4.69) is 0 Å². The molecule has 3 heteroatoms. The zero-order valence-corrected chi connectivity index (χ0v) is 7.20. The summed E-state index contributed by atoms with van der Waals surface area (Å²) in [7, 11) is 0. The van der Waals surface area contributed by atoms with Gasteiger partial charge in [-0.15, -0.1) is 0 Å². The van der Waals surface area contributed by atoms with Crippen LogP contribution in [0.25, 0.3) is 0 Å². The maximum atomic E-state index is 11.4. The van der Waals surface area contributed by atoms with Gasteiger partial charge in [0.05, 0.1) is 12.1 Å². The van der Waals surface area contributed by atoms with Gasteiger partial charge in [0, 0.05) is 13.0 Å². The lowest BCUT2D eigenvalue weighted by atomic mass is 9.90. The van der Waals surface area contributed by atoms with Crippen LogP contribution in [0.1, 0.15) is 32.1 Å². The predicted octanol–water partition coefficient (Wildman–Crippen LogP) is 0.522. The molecule has 2 fully saturated rings. The highest BCUT2D eigenvalue weighted by Crippen LogP contribution is 2.26. The number of piperidine rings is 2. The molecule has 12 heavy (non-hydrogen) atoms. The number of hydrogen-bond donors (Lipinski definition) is 1. The van der Waals surface area contributed by atoms with Gasteiger partial charge in [-0.3, -0.25) is 4.79 Å². The quantitative estimate of drug-likeness (QED) is 0.574. The third kappa shape index (κ3) is 1.22. The minimum Gasteiger partial charge on any atom is -0.391 e. The fourth-order valence-electron chi connectivity index (χ4n) is 2.27. The van der Waals surface area contributed by atoms with Crippen LogP contribution in [0.2, 0.25) is 0 Å². The summed E-state index contributed by atoms with van der Waals surface area (Å²) in [5.41, 5.74) is 0. The highest BCUT2D eigenvalue weighted by molar-refractivity contribution is 5.77. The summed E-state index contributed by atoms with van der Waals surface area (Å²) in [6.07, 6.45) is 4.20. The average Bonchev–Trinajstić information content (AvgIpc) is 2.12. The number of carbonyl (C=O) groups excluding carboxylic acids is 1. The van der Waals surface area contributed by atoms with E-state index >= 15 is 0 Å². The van der Waals surface area contributed by atoms with Gasteiger partial charge in [0.1, 0.15) is 0 Å². The molecule has 0 unspecified atom stereocenters. The Morgan fingerprint density at radius 1 is 1.33 bits per heavy atom. The Bertz CT molecular complexity index is 193. The summed E-state index contributed by atoms with van der Waals surface area (Å²) >= 11 is 0. The molecule has 2 aliphatic heterocycles. The lowest BCUT2D eigenvalue weighted by molar-refractivity contribution is -0.144. The van der Waals surface area contributed by atoms with Gasteiger partial charge in [0.15, 0.2) is 0 Å². The Balaban J connectivity index is 2.11. The van der Waals surface area contributed by atoms with Crippen LogP contribution in [-0.2, 0) is 4.79 Å². The Kier molecular flexibility index (Phi) is 2.05. The number of amides is 1. The van der Waals surface area contributed by atoms with E-state index < -0.39 is 0 Å². The second kappa shape index (κ2) is 3.05. The third-order valence-corrected chi connectivity index (χ3v) is 2.97. The van der Waals surface area contributed by atoms with Gasteiger partial charge in [0.2, 0.25) is 5.91 Å². The average molecular weight is 169 g/mol. The molecule has 0 aromatic rings. The molecule has 0 aliphatic carbocycles. The fraction of sp³-hybridized carbons (Fsp3) is 0.889. The summed E-state index contributed by atoms with van der Waals surface area (Å²) in [5, 5.41) is 9.63. The van der Waals surface area contributed by atoms with Crippen LogP contribution in [0.5, 0.6) is 0 Å². The molecule has 1 amide bonds. The SMILES string of the molecule is O=C1CC[C@@H](O)[C@@H]2CCCCN12. The van der Waals surface area contributed by atoms with Crippen LogP contribution in [0.4, 0.5) is 0 Å². The van der Waals surface area contributed by atoms with E-state index in [1.807, 2.05) is 4.90 Å². The number of nitrogens with zero attached hydrogens (tertiary/aromatic N) is 1. The Hall–Kier alpha value is -0.570. The van der Waals surface area contributed by atoms with Crippen molar-refractivity contribution >= 4 is 5.91 Å². The zero-order valence-electron chi connectivity index (χ0n) is 7.20. The lowest BCUT2D eigenvalue weighted by Crippen LogP contribution is -2.53. The second-order valence-corrected chi connectivity index (χ2v) is 3.76. The van der Waals surface area contributed by atoms with Gasteiger partial charge in [-0.2, -0.15) is 0 Å². The Morgan fingerprint density at radius 3 is 2.92 bits per heavy atom. The molecule has 3 nitrogen and oxygen atoms in total. The van der Waals surface area contributed by atoms with E-state index in [-0.39, 0.29) is 18.1 Å². The van der Waals surface area contributed by atoms with Crippen LogP contribution in [-0.4, -0.2) is 34.6 Å².